The van der Waals surface area contributed by atoms with Crippen molar-refractivity contribution < 1.29 is 9.59 Å². The van der Waals surface area contributed by atoms with E-state index in [0.717, 1.165) is 11.1 Å². The molecular formula is C21H27N3O2. The third-order valence-corrected chi connectivity index (χ3v) is 4.32. The van der Waals surface area contributed by atoms with Gasteiger partial charge in [-0.15, -0.1) is 0 Å². The molecule has 138 valence electrons. The molecule has 0 atom stereocenters. The second-order valence-electron chi connectivity index (χ2n) is 6.69. The van der Waals surface area contributed by atoms with E-state index in [9.17, 15) is 9.59 Å². The first-order valence-corrected chi connectivity index (χ1v) is 8.64. The summed E-state index contributed by atoms with van der Waals surface area (Å²) in [7, 11) is 7.03. The topological polar surface area (TPSA) is 43.9 Å². The Hall–Kier alpha value is -2.66. The van der Waals surface area contributed by atoms with Crippen molar-refractivity contribution in [2.75, 3.05) is 41.3 Å². The molecule has 2 aromatic carbocycles. The van der Waals surface area contributed by atoms with Crippen molar-refractivity contribution in [1.29, 1.82) is 0 Å². The molecule has 2 rings (SSSR count). The molecule has 0 heterocycles. The Kier molecular flexibility index (Phi) is 6.92. The number of amides is 2. The molecule has 2 aromatic rings. The SMILES string of the molecule is CN(CC(=O)N(C)C)CC(=O)N(C)C(c1ccccc1)c1ccccc1. The normalized spacial score (nSPS) is 10.8. The summed E-state index contributed by atoms with van der Waals surface area (Å²) in [6.45, 7) is 0.403. The van der Waals surface area contributed by atoms with E-state index in [4.69, 9.17) is 0 Å². The van der Waals surface area contributed by atoms with Crippen LogP contribution in [-0.4, -0.2) is 67.8 Å². The highest BCUT2D eigenvalue weighted by Crippen LogP contribution is 2.27. The molecule has 0 aromatic heterocycles. The number of nitrogens with zero attached hydrogens (tertiary/aromatic N) is 3. The van der Waals surface area contributed by atoms with Crippen LogP contribution in [0.2, 0.25) is 0 Å². The van der Waals surface area contributed by atoms with Crippen LogP contribution in [0.15, 0.2) is 60.7 Å². The zero-order valence-corrected chi connectivity index (χ0v) is 15.9. The Labute approximate surface area is 155 Å². The van der Waals surface area contributed by atoms with Crippen LogP contribution in [0.5, 0.6) is 0 Å². The molecule has 0 radical (unpaired) electrons. The molecule has 0 bridgehead atoms. The highest BCUT2D eigenvalue weighted by Gasteiger charge is 2.24. The molecule has 0 unspecified atom stereocenters. The molecule has 0 aliphatic carbocycles. The van der Waals surface area contributed by atoms with Gasteiger partial charge in [-0.1, -0.05) is 60.7 Å². The maximum atomic E-state index is 12.9. The average Bonchev–Trinajstić information content (AvgIpc) is 2.63. The maximum absolute atomic E-state index is 12.9. The van der Waals surface area contributed by atoms with Crippen molar-refractivity contribution in [3.05, 3.63) is 71.8 Å². The number of carbonyl (C=O) groups is 2. The number of carbonyl (C=O) groups excluding carboxylic acids is 2. The molecule has 5 nitrogen and oxygen atoms in total. The monoisotopic (exact) mass is 353 g/mol. The summed E-state index contributed by atoms with van der Waals surface area (Å²) in [6.07, 6.45) is 0. The fourth-order valence-corrected chi connectivity index (χ4v) is 2.82. The number of hydrogen-bond acceptors (Lipinski definition) is 3. The molecule has 26 heavy (non-hydrogen) atoms. The first-order valence-electron chi connectivity index (χ1n) is 8.64. The van der Waals surface area contributed by atoms with Crippen LogP contribution >= 0.6 is 0 Å². The number of likely N-dealkylation sites (N-methyl/N-ethyl adjacent to an activating group) is 3. The molecule has 0 aliphatic rings. The fourth-order valence-electron chi connectivity index (χ4n) is 2.82. The van der Waals surface area contributed by atoms with Crippen LogP contribution < -0.4 is 0 Å². The summed E-state index contributed by atoms with van der Waals surface area (Å²) in [6, 6.07) is 19.8. The Morgan fingerprint density at radius 2 is 1.15 bits per heavy atom. The van der Waals surface area contributed by atoms with Gasteiger partial charge < -0.3 is 9.80 Å². The van der Waals surface area contributed by atoms with Gasteiger partial charge in [0, 0.05) is 21.1 Å². The average molecular weight is 353 g/mol. The quantitative estimate of drug-likeness (QED) is 0.767. The Bertz CT molecular complexity index is 677. The number of rotatable bonds is 7. The first kappa shape index (κ1) is 19.7. The summed E-state index contributed by atoms with van der Waals surface area (Å²) in [5.74, 6) is -0.0533. The first-order chi connectivity index (χ1) is 12.4. The van der Waals surface area contributed by atoms with Crippen LogP contribution in [0.25, 0.3) is 0 Å². The molecule has 0 saturated carbocycles. The minimum Gasteiger partial charge on any atom is -0.348 e. The minimum absolute atomic E-state index is 0.0226. The summed E-state index contributed by atoms with van der Waals surface area (Å²) in [4.78, 5) is 29.7. The van der Waals surface area contributed by atoms with Crippen LogP contribution in [0.4, 0.5) is 0 Å². The van der Waals surface area contributed by atoms with Crippen LogP contribution in [0, 0.1) is 0 Å². The third-order valence-electron chi connectivity index (χ3n) is 4.32. The lowest BCUT2D eigenvalue weighted by atomic mass is 9.97. The van der Waals surface area contributed by atoms with Gasteiger partial charge in [-0.2, -0.15) is 0 Å². The van der Waals surface area contributed by atoms with Crippen molar-refractivity contribution in [2.45, 2.75) is 6.04 Å². The van der Waals surface area contributed by atoms with Gasteiger partial charge >= 0.3 is 0 Å². The zero-order chi connectivity index (χ0) is 19.1. The second kappa shape index (κ2) is 9.15. The summed E-state index contributed by atoms with van der Waals surface area (Å²) < 4.78 is 0. The van der Waals surface area contributed by atoms with E-state index in [1.807, 2.05) is 67.7 Å². The Balaban J connectivity index is 2.17. The predicted octanol–water partition coefficient (Wildman–Crippen LogP) is 2.25. The van der Waals surface area contributed by atoms with Crippen LogP contribution in [0.1, 0.15) is 17.2 Å². The summed E-state index contributed by atoms with van der Waals surface area (Å²) in [5, 5.41) is 0. The lowest BCUT2D eigenvalue weighted by molar-refractivity contribution is -0.134. The van der Waals surface area contributed by atoms with Crippen molar-refractivity contribution in [2.24, 2.45) is 0 Å². The molecule has 5 heteroatoms. The molecule has 0 N–H and O–H groups in total. The van der Waals surface area contributed by atoms with Crippen molar-refractivity contribution in [1.82, 2.24) is 14.7 Å². The van der Waals surface area contributed by atoms with Gasteiger partial charge in [0.25, 0.3) is 0 Å². The van der Waals surface area contributed by atoms with Gasteiger partial charge in [-0.05, 0) is 18.2 Å². The lowest BCUT2D eigenvalue weighted by Gasteiger charge is -2.31. The zero-order valence-electron chi connectivity index (χ0n) is 15.9. The van der Waals surface area contributed by atoms with Gasteiger partial charge in [0.05, 0.1) is 19.1 Å². The Morgan fingerprint density at radius 1 is 0.731 bits per heavy atom. The van der Waals surface area contributed by atoms with E-state index in [-0.39, 0.29) is 30.9 Å². The van der Waals surface area contributed by atoms with Crippen molar-refractivity contribution in [3.8, 4) is 0 Å². The lowest BCUT2D eigenvalue weighted by Crippen LogP contribution is -2.42. The maximum Gasteiger partial charge on any atom is 0.237 e. The predicted molar refractivity (Wildman–Crippen MR) is 104 cm³/mol. The fraction of sp³-hybridized carbons (Fsp3) is 0.333. The van der Waals surface area contributed by atoms with Gasteiger partial charge in [-0.25, -0.2) is 0 Å². The van der Waals surface area contributed by atoms with Gasteiger partial charge in [0.15, 0.2) is 0 Å². The Morgan fingerprint density at radius 3 is 1.58 bits per heavy atom. The van der Waals surface area contributed by atoms with Gasteiger partial charge in [0.1, 0.15) is 0 Å². The minimum atomic E-state index is -0.164. The van der Waals surface area contributed by atoms with Crippen LogP contribution in [-0.2, 0) is 9.59 Å². The summed E-state index contributed by atoms with van der Waals surface area (Å²) >= 11 is 0. The summed E-state index contributed by atoms with van der Waals surface area (Å²) in [5.41, 5.74) is 2.11. The van der Waals surface area contributed by atoms with E-state index in [1.165, 1.54) is 4.90 Å². The molecule has 0 aliphatic heterocycles. The van der Waals surface area contributed by atoms with E-state index < -0.39 is 0 Å². The molecule has 2 amide bonds. The van der Waals surface area contributed by atoms with E-state index in [1.54, 1.807) is 30.9 Å². The largest absolute Gasteiger partial charge is 0.348 e. The number of hydrogen-bond donors (Lipinski definition) is 0. The van der Waals surface area contributed by atoms with Gasteiger partial charge in [-0.3, -0.25) is 14.5 Å². The van der Waals surface area contributed by atoms with Gasteiger partial charge in [0.2, 0.25) is 11.8 Å². The van der Waals surface area contributed by atoms with E-state index >= 15 is 0 Å². The van der Waals surface area contributed by atoms with Crippen molar-refractivity contribution in [3.63, 3.8) is 0 Å². The standard InChI is InChI=1S/C21H27N3O2/c1-22(2)19(25)15-23(3)16-20(26)24(4)21(17-11-7-5-8-12-17)18-13-9-6-10-14-18/h5-14,21H,15-16H2,1-4H3. The molecule has 0 fully saturated rings. The van der Waals surface area contributed by atoms with E-state index in [2.05, 4.69) is 0 Å². The highest BCUT2D eigenvalue weighted by molar-refractivity contribution is 5.81. The van der Waals surface area contributed by atoms with Crippen molar-refractivity contribution >= 4 is 11.8 Å². The second-order valence-corrected chi connectivity index (χ2v) is 6.69. The van der Waals surface area contributed by atoms with Crippen LogP contribution in [0.3, 0.4) is 0 Å². The molecule has 0 spiro atoms. The molecular weight excluding hydrogens is 326 g/mol. The van der Waals surface area contributed by atoms with E-state index in [0.29, 0.717) is 0 Å². The third kappa shape index (κ3) is 5.17. The highest BCUT2D eigenvalue weighted by atomic mass is 16.2. The number of benzene rings is 2. The smallest absolute Gasteiger partial charge is 0.237 e. The molecule has 0 saturated heterocycles.